The summed E-state index contributed by atoms with van der Waals surface area (Å²) in [6.45, 7) is -2.35. The molecule has 0 amide bonds. The molecule has 0 aromatic carbocycles. The minimum absolute atomic E-state index is 0.297. The van der Waals surface area contributed by atoms with Gasteiger partial charge in [-0.05, 0) is 31.2 Å². The Labute approximate surface area is 327 Å². The topological polar surface area (TPSA) is 325 Å². The van der Waals surface area contributed by atoms with E-state index in [-0.39, 0.29) is 33.2 Å². The van der Waals surface area contributed by atoms with Gasteiger partial charge in [-0.2, -0.15) is 0 Å². The van der Waals surface area contributed by atoms with Crippen molar-refractivity contribution in [3.63, 3.8) is 0 Å². The molecular weight excluding hydrogens is 796 g/mol. The maximum absolute atomic E-state index is 11.7. The fraction of sp³-hybridized carbons (Fsp3) is 0.515. The summed E-state index contributed by atoms with van der Waals surface area (Å²) < 4.78 is 59.5. The number of rotatable bonds is 29. The zero-order chi connectivity index (χ0) is 43.6. The first kappa shape index (κ1) is 51.1. The number of carbonyl (C=O) groups is 12. The van der Waals surface area contributed by atoms with Crippen molar-refractivity contribution >= 4 is 71.6 Å². The van der Waals surface area contributed by atoms with Gasteiger partial charge in [0.2, 0.25) is 20.4 Å². The minimum atomic E-state index is -1.18. The predicted molar refractivity (Wildman–Crippen MR) is 176 cm³/mol. The van der Waals surface area contributed by atoms with E-state index in [0.29, 0.717) is 6.61 Å². The molecule has 0 bridgehead atoms. The van der Waals surface area contributed by atoms with Gasteiger partial charge in [-0.15, -0.1) is 0 Å². The zero-order valence-electron chi connectivity index (χ0n) is 31.1. The molecule has 0 rings (SSSR count). The summed E-state index contributed by atoms with van der Waals surface area (Å²) in [7, 11) is 1.05. The lowest BCUT2D eigenvalue weighted by Gasteiger charge is -2.07. The van der Waals surface area contributed by atoms with Crippen LogP contribution >= 0.6 is 0 Å². The van der Waals surface area contributed by atoms with E-state index < -0.39 is 131 Å². The largest absolute Gasteiger partial charge is 0.469 e. The van der Waals surface area contributed by atoms with Gasteiger partial charge in [-0.1, -0.05) is 0 Å². The van der Waals surface area contributed by atoms with Crippen molar-refractivity contribution in [3.8, 4) is 0 Å². The Morgan fingerprint density at radius 3 is 0.741 bits per heavy atom. The predicted octanol–water partition coefficient (Wildman–Crippen LogP) is -1.55. The van der Waals surface area contributed by atoms with Crippen LogP contribution in [-0.4, -0.2) is 139 Å². The van der Waals surface area contributed by atoms with E-state index in [2.05, 4.69) is 37.9 Å². The van der Waals surface area contributed by atoms with E-state index in [4.69, 9.17) is 23.7 Å². The molecule has 322 valence electrons. The van der Waals surface area contributed by atoms with Gasteiger partial charge >= 0.3 is 71.6 Å². The van der Waals surface area contributed by atoms with Crippen LogP contribution in [0.2, 0.25) is 0 Å². The lowest BCUT2D eigenvalue weighted by Crippen LogP contribution is -2.20. The third kappa shape index (κ3) is 31.4. The molecule has 0 saturated heterocycles. The van der Waals surface area contributed by atoms with Crippen LogP contribution in [0.5, 0.6) is 0 Å². The highest BCUT2D eigenvalue weighted by molar-refractivity contribution is 5.94. The molecular formula is C33H40O25. The number of hydrogen-bond acceptors (Lipinski definition) is 25. The Bertz CT molecular complexity index is 1490. The molecule has 58 heavy (non-hydrogen) atoms. The first-order chi connectivity index (χ1) is 27.6. The average Bonchev–Trinajstić information content (AvgIpc) is 3.14. The molecule has 25 nitrogen and oxygen atoms in total. The normalized spacial score (nSPS) is 10.3. The Morgan fingerprint density at radius 1 is 0.310 bits per heavy atom. The smallest absolute Gasteiger partial charge is 0.320 e. The van der Waals surface area contributed by atoms with Crippen LogP contribution in [0.25, 0.3) is 0 Å². The van der Waals surface area contributed by atoms with E-state index in [0.717, 1.165) is 7.11 Å². The van der Waals surface area contributed by atoms with Crippen molar-refractivity contribution in [3.05, 3.63) is 24.3 Å². The van der Waals surface area contributed by atoms with E-state index in [1.54, 1.807) is 6.92 Å². The van der Waals surface area contributed by atoms with Crippen molar-refractivity contribution in [1.82, 2.24) is 0 Å². The third-order valence-corrected chi connectivity index (χ3v) is 5.48. The van der Waals surface area contributed by atoms with Crippen LogP contribution in [0.4, 0.5) is 0 Å². The third-order valence-electron chi connectivity index (χ3n) is 5.48. The molecule has 0 aromatic heterocycles. The van der Waals surface area contributed by atoms with Gasteiger partial charge in [0.05, 0.1) is 7.11 Å². The highest BCUT2D eigenvalue weighted by Crippen LogP contribution is 1.99. The lowest BCUT2D eigenvalue weighted by molar-refractivity contribution is -0.177. The SMILES string of the molecule is CCOCOC(=O)CC(=O)OCOC(=O)CC(=O)OC/C=C\COC(=O)CC(=O)OC/C=C\COC(=O)CC(=O)OCOC(=O)CC(=O)OCOC(=O)CC(=O)OC. The van der Waals surface area contributed by atoms with Crippen LogP contribution in [0, 0.1) is 0 Å². The van der Waals surface area contributed by atoms with Crippen LogP contribution in [0.1, 0.15) is 45.4 Å². The standard InChI is InChI=1S/C33H40O25/c1-3-47-18-52-28(40)16-31(43)57-20-54-29(41)14-25(37)50-10-6-4-8-48-23(35)13-24(36)49-9-5-7-11-51-26(38)15-30(42)55-21-58-33(45)17-32(44)56-19-53-27(39)12-22(34)46-2/h4-7H,3,8-21H2,1-2H3/b6-4-,7-5-. The quantitative estimate of drug-likeness (QED) is 0.0206. The van der Waals surface area contributed by atoms with Gasteiger partial charge in [0.25, 0.3) is 0 Å². The van der Waals surface area contributed by atoms with Crippen molar-refractivity contribution in [2.24, 2.45) is 0 Å². The second-order valence-corrected chi connectivity index (χ2v) is 9.89. The summed E-state index contributed by atoms with van der Waals surface area (Å²) in [4.78, 5) is 138. The molecule has 0 N–H and O–H groups in total. The molecule has 0 aliphatic carbocycles. The molecule has 0 aromatic rings. The molecule has 25 heteroatoms. The Hall–Kier alpha value is -6.92. The van der Waals surface area contributed by atoms with Crippen LogP contribution in [0.15, 0.2) is 24.3 Å². The molecule has 0 atom stereocenters. The summed E-state index contributed by atoms with van der Waals surface area (Å²) >= 11 is 0. The number of ether oxygens (including phenoxy) is 13. The molecule has 0 spiro atoms. The van der Waals surface area contributed by atoms with Crippen molar-refractivity contribution < 1.29 is 119 Å². The van der Waals surface area contributed by atoms with Crippen molar-refractivity contribution in [1.29, 1.82) is 0 Å². The van der Waals surface area contributed by atoms with Gasteiger partial charge in [0.15, 0.2) is 6.79 Å². The molecule has 0 aliphatic heterocycles. The van der Waals surface area contributed by atoms with Crippen LogP contribution < -0.4 is 0 Å². The fourth-order valence-corrected chi connectivity index (χ4v) is 2.85. The second-order valence-electron chi connectivity index (χ2n) is 9.89. The number of methoxy groups -OCH3 is 1. The van der Waals surface area contributed by atoms with E-state index in [1.165, 1.54) is 24.3 Å². The van der Waals surface area contributed by atoms with Crippen LogP contribution in [-0.2, 0) is 119 Å². The summed E-state index contributed by atoms with van der Waals surface area (Å²) in [5.74, 6) is -12.4. The summed E-state index contributed by atoms with van der Waals surface area (Å²) in [5, 5.41) is 0. The minimum Gasteiger partial charge on any atom is -0.469 e. The fourth-order valence-electron chi connectivity index (χ4n) is 2.85. The first-order valence-electron chi connectivity index (χ1n) is 16.3. The van der Waals surface area contributed by atoms with Crippen molar-refractivity contribution in [2.45, 2.75) is 45.4 Å². The van der Waals surface area contributed by atoms with Gasteiger partial charge in [0, 0.05) is 6.61 Å². The molecule has 0 aliphatic rings. The summed E-state index contributed by atoms with van der Waals surface area (Å²) in [5.41, 5.74) is 0. The maximum Gasteiger partial charge on any atom is 0.320 e. The van der Waals surface area contributed by atoms with E-state index >= 15 is 0 Å². The summed E-state index contributed by atoms with van der Waals surface area (Å²) in [6.07, 6.45) is 0.199. The molecule has 0 heterocycles. The maximum atomic E-state index is 11.7. The molecule has 0 radical (unpaired) electrons. The zero-order valence-corrected chi connectivity index (χ0v) is 31.1. The van der Waals surface area contributed by atoms with Gasteiger partial charge in [0.1, 0.15) is 65.0 Å². The first-order valence-corrected chi connectivity index (χ1v) is 16.3. The monoisotopic (exact) mass is 836 g/mol. The van der Waals surface area contributed by atoms with Gasteiger partial charge in [-0.3, -0.25) is 57.5 Å². The Kier molecular flexibility index (Phi) is 28.5. The highest BCUT2D eigenvalue weighted by Gasteiger charge is 2.18. The number of carbonyl (C=O) groups excluding carboxylic acids is 12. The Balaban J connectivity index is 3.95. The van der Waals surface area contributed by atoms with Crippen molar-refractivity contribution in [2.75, 3.05) is 67.3 Å². The van der Waals surface area contributed by atoms with E-state index in [1.807, 2.05) is 0 Å². The lowest BCUT2D eigenvalue weighted by atomic mass is 10.4. The molecule has 0 saturated carbocycles. The van der Waals surface area contributed by atoms with Crippen LogP contribution in [0.3, 0.4) is 0 Å². The second kappa shape index (κ2) is 32.3. The van der Waals surface area contributed by atoms with Gasteiger partial charge < -0.3 is 61.6 Å². The van der Waals surface area contributed by atoms with E-state index in [9.17, 15) is 57.5 Å². The Morgan fingerprint density at radius 2 is 0.517 bits per heavy atom. The number of hydrogen-bond donors (Lipinski definition) is 0. The number of esters is 12. The molecule has 0 unspecified atom stereocenters. The van der Waals surface area contributed by atoms with Gasteiger partial charge in [-0.25, -0.2) is 0 Å². The average molecular weight is 837 g/mol. The highest BCUT2D eigenvalue weighted by atomic mass is 16.7. The molecule has 0 fully saturated rings. The summed E-state index contributed by atoms with van der Waals surface area (Å²) in [6, 6.07) is 0.